The van der Waals surface area contributed by atoms with E-state index in [1.165, 1.54) is 0 Å². The van der Waals surface area contributed by atoms with Crippen LogP contribution >= 0.6 is 11.6 Å². The lowest BCUT2D eigenvalue weighted by Crippen LogP contribution is -2.49. The van der Waals surface area contributed by atoms with E-state index in [2.05, 4.69) is 11.0 Å². The number of nitrogens with zero attached hydrogens (tertiary/aromatic N) is 2. The van der Waals surface area contributed by atoms with Crippen LogP contribution in [0.15, 0.2) is 48.5 Å². The topological polar surface area (TPSA) is 32.8 Å². The number of carbonyl (C=O) groups is 1. The number of amides is 1. The summed E-state index contributed by atoms with van der Waals surface area (Å²) in [6, 6.07) is 15.6. The highest BCUT2D eigenvalue weighted by Gasteiger charge is 2.22. The molecule has 4 nitrogen and oxygen atoms in total. The van der Waals surface area contributed by atoms with Crippen LogP contribution in [0.25, 0.3) is 0 Å². The number of piperazine rings is 1. The van der Waals surface area contributed by atoms with Crippen LogP contribution in [0, 0.1) is 6.92 Å². The first-order chi connectivity index (χ1) is 12.1. The fraction of sp³-hybridized carbons (Fsp3) is 0.350. The van der Waals surface area contributed by atoms with Crippen LogP contribution in [0.5, 0.6) is 5.75 Å². The summed E-state index contributed by atoms with van der Waals surface area (Å²) in [7, 11) is 0. The molecule has 3 rings (SSSR count). The van der Waals surface area contributed by atoms with Gasteiger partial charge in [0.25, 0.3) is 0 Å². The molecule has 0 N–H and O–H groups in total. The third kappa shape index (κ3) is 4.45. The van der Waals surface area contributed by atoms with E-state index in [1.807, 2.05) is 54.3 Å². The molecule has 25 heavy (non-hydrogen) atoms. The van der Waals surface area contributed by atoms with Crippen molar-refractivity contribution in [2.45, 2.75) is 13.3 Å². The van der Waals surface area contributed by atoms with Gasteiger partial charge >= 0.3 is 0 Å². The zero-order valence-electron chi connectivity index (χ0n) is 14.5. The van der Waals surface area contributed by atoms with E-state index in [9.17, 15) is 4.79 Å². The maximum Gasteiger partial charge on any atom is 0.226 e. The van der Waals surface area contributed by atoms with Crippen molar-refractivity contribution < 1.29 is 9.53 Å². The molecule has 2 aromatic carbocycles. The van der Waals surface area contributed by atoms with Gasteiger partial charge in [0.2, 0.25) is 5.91 Å². The molecule has 5 heteroatoms. The molecule has 2 aromatic rings. The summed E-state index contributed by atoms with van der Waals surface area (Å²) in [5.74, 6) is 0.954. The molecule has 0 aliphatic carbocycles. The Kier molecular flexibility index (Phi) is 5.82. The predicted molar refractivity (Wildman–Crippen MR) is 102 cm³/mol. The first-order valence-electron chi connectivity index (χ1n) is 8.61. The lowest BCUT2D eigenvalue weighted by Gasteiger charge is -2.37. The van der Waals surface area contributed by atoms with E-state index in [0.29, 0.717) is 13.0 Å². The second-order valence-electron chi connectivity index (χ2n) is 6.16. The van der Waals surface area contributed by atoms with Crippen molar-refractivity contribution in [1.82, 2.24) is 4.90 Å². The minimum absolute atomic E-state index is 0.151. The highest BCUT2D eigenvalue weighted by atomic mass is 35.5. The van der Waals surface area contributed by atoms with Gasteiger partial charge in [-0.2, -0.15) is 0 Å². The predicted octanol–water partition coefficient (Wildman–Crippen LogP) is 3.77. The number of hydrogen-bond acceptors (Lipinski definition) is 3. The fourth-order valence-electron chi connectivity index (χ4n) is 3.07. The Morgan fingerprint density at radius 3 is 2.48 bits per heavy atom. The minimum Gasteiger partial charge on any atom is -0.493 e. The van der Waals surface area contributed by atoms with Crippen LogP contribution in [-0.2, 0) is 4.79 Å². The van der Waals surface area contributed by atoms with E-state index in [4.69, 9.17) is 16.3 Å². The molecule has 0 aromatic heterocycles. The van der Waals surface area contributed by atoms with Gasteiger partial charge in [-0.05, 0) is 36.8 Å². The summed E-state index contributed by atoms with van der Waals surface area (Å²) in [6.45, 7) is 5.57. The smallest absolute Gasteiger partial charge is 0.226 e. The number of carbonyl (C=O) groups excluding carboxylic acids is 1. The molecule has 132 valence electrons. The van der Waals surface area contributed by atoms with Gasteiger partial charge in [0, 0.05) is 36.9 Å². The zero-order chi connectivity index (χ0) is 17.6. The molecule has 0 atom stereocenters. The Hall–Kier alpha value is -2.20. The van der Waals surface area contributed by atoms with Crippen LogP contribution < -0.4 is 9.64 Å². The maximum atomic E-state index is 12.4. The molecule has 1 fully saturated rings. The van der Waals surface area contributed by atoms with Gasteiger partial charge in [-0.15, -0.1) is 0 Å². The van der Waals surface area contributed by atoms with Crippen molar-refractivity contribution >= 4 is 23.2 Å². The third-order valence-electron chi connectivity index (χ3n) is 4.54. The molecule has 1 aliphatic heterocycles. The second kappa shape index (κ2) is 8.26. The summed E-state index contributed by atoms with van der Waals surface area (Å²) in [5.41, 5.74) is 2.26. The molecular formula is C20H23ClN2O2. The number of ether oxygens (including phenoxy) is 1. The van der Waals surface area contributed by atoms with E-state index >= 15 is 0 Å². The zero-order valence-corrected chi connectivity index (χ0v) is 15.2. The van der Waals surface area contributed by atoms with Gasteiger partial charge in [0.05, 0.1) is 13.0 Å². The van der Waals surface area contributed by atoms with Crippen molar-refractivity contribution in [1.29, 1.82) is 0 Å². The number of anilines is 1. The lowest BCUT2D eigenvalue weighted by molar-refractivity contribution is -0.132. The average molecular weight is 359 g/mol. The SMILES string of the molecule is Cc1c(Cl)cccc1N1CCN(C(=O)CCOc2ccccc2)CC1. The van der Waals surface area contributed by atoms with Gasteiger partial charge in [-0.25, -0.2) is 0 Å². The van der Waals surface area contributed by atoms with Crippen LogP contribution in [0.2, 0.25) is 5.02 Å². The summed E-state index contributed by atoms with van der Waals surface area (Å²) < 4.78 is 5.61. The van der Waals surface area contributed by atoms with E-state index in [-0.39, 0.29) is 5.91 Å². The van der Waals surface area contributed by atoms with Crippen LogP contribution in [0.1, 0.15) is 12.0 Å². The summed E-state index contributed by atoms with van der Waals surface area (Å²) in [4.78, 5) is 16.6. The quantitative estimate of drug-likeness (QED) is 0.815. The van der Waals surface area contributed by atoms with Gasteiger partial charge in [-0.3, -0.25) is 4.79 Å². The Labute approximate surface area is 154 Å². The highest BCUT2D eigenvalue weighted by molar-refractivity contribution is 6.31. The second-order valence-corrected chi connectivity index (χ2v) is 6.57. The Balaban J connectivity index is 1.47. The standard InChI is InChI=1S/C20H23ClN2O2/c1-16-18(21)8-5-9-19(16)22-11-13-23(14-12-22)20(24)10-15-25-17-6-3-2-4-7-17/h2-9H,10-15H2,1H3. The molecule has 1 amide bonds. The van der Waals surface area contributed by atoms with E-state index in [0.717, 1.165) is 48.2 Å². The molecule has 0 saturated carbocycles. The number of halogens is 1. The van der Waals surface area contributed by atoms with Gasteiger partial charge < -0.3 is 14.5 Å². The van der Waals surface area contributed by atoms with Crippen LogP contribution in [-0.4, -0.2) is 43.6 Å². The molecule has 0 radical (unpaired) electrons. The van der Waals surface area contributed by atoms with Crippen LogP contribution in [0.3, 0.4) is 0 Å². The lowest BCUT2D eigenvalue weighted by atomic mass is 10.1. The molecule has 1 heterocycles. The van der Waals surface area contributed by atoms with E-state index in [1.54, 1.807) is 0 Å². The van der Waals surface area contributed by atoms with Crippen LogP contribution in [0.4, 0.5) is 5.69 Å². The molecule has 0 unspecified atom stereocenters. The normalized spacial score (nSPS) is 14.5. The fourth-order valence-corrected chi connectivity index (χ4v) is 3.24. The summed E-state index contributed by atoms with van der Waals surface area (Å²) in [5, 5.41) is 0.786. The van der Waals surface area contributed by atoms with Crippen molar-refractivity contribution in [2.24, 2.45) is 0 Å². The summed E-state index contributed by atoms with van der Waals surface area (Å²) >= 11 is 6.21. The van der Waals surface area contributed by atoms with Gasteiger partial charge in [0.15, 0.2) is 0 Å². The highest BCUT2D eigenvalue weighted by Crippen LogP contribution is 2.27. The Morgan fingerprint density at radius 1 is 1.04 bits per heavy atom. The number of rotatable bonds is 5. The maximum absolute atomic E-state index is 12.4. The van der Waals surface area contributed by atoms with Crippen molar-refractivity contribution in [3.63, 3.8) is 0 Å². The van der Waals surface area contributed by atoms with Gasteiger partial charge in [-0.1, -0.05) is 35.9 Å². The average Bonchev–Trinajstić information content (AvgIpc) is 2.65. The first kappa shape index (κ1) is 17.6. The minimum atomic E-state index is 0.151. The first-order valence-corrected chi connectivity index (χ1v) is 8.98. The molecular weight excluding hydrogens is 336 g/mol. The molecule has 0 spiro atoms. The number of para-hydroxylation sites is 1. The Morgan fingerprint density at radius 2 is 1.76 bits per heavy atom. The third-order valence-corrected chi connectivity index (χ3v) is 4.95. The summed E-state index contributed by atoms with van der Waals surface area (Å²) in [6.07, 6.45) is 0.408. The number of benzene rings is 2. The van der Waals surface area contributed by atoms with Gasteiger partial charge in [0.1, 0.15) is 5.75 Å². The largest absolute Gasteiger partial charge is 0.493 e. The number of hydrogen-bond donors (Lipinski definition) is 0. The monoisotopic (exact) mass is 358 g/mol. The van der Waals surface area contributed by atoms with E-state index < -0.39 is 0 Å². The van der Waals surface area contributed by atoms with Crippen molar-refractivity contribution in [3.05, 3.63) is 59.1 Å². The molecule has 1 saturated heterocycles. The van der Waals surface area contributed by atoms with Crippen molar-refractivity contribution in [2.75, 3.05) is 37.7 Å². The molecule has 0 bridgehead atoms. The molecule has 1 aliphatic rings. The Bertz CT molecular complexity index is 713. The van der Waals surface area contributed by atoms with Crippen molar-refractivity contribution in [3.8, 4) is 5.75 Å².